The lowest BCUT2D eigenvalue weighted by atomic mass is 10.1. The van der Waals surface area contributed by atoms with E-state index in [1.807, 2.05) is 5.38 Å². The van der Waals surface area contributed by atoms with Crippen molar-refractivity contribution in [3.63, 3.8) is 0 Å². The normalized spacial score (nSPS) is 12.7. The summed E-state index contributed by atoms with van der Waals surface area (Å²) in [6.45, 7) is 0. The molecule has 0 spiro atoms. The standard InChI is InChI=1S/C11H10ClFN2S/c1-14-10(11-15-5-6-16-11)7-3-2-4-8(12)9(7)13/h2-6,10,14H,1H3. The summed E-state index contributed by atoms with van der Waals surface area (Å²) in [6, 6.07) is 4.73. The molecule has 0 aliphatic rings. The minimum atomic E-state index is -0.390. The lowest BCUT2D eigenvalue weighted by molar-refractivity contribution is 0.575. The predicted molar refractivity (Wildman–Crippen MR) is 64.4 cm³/mol. The van der Waals surface area contributed by atoms with E-state index in [1.54, 1.807) is 25.4 Å². The third kappa shape index (κ3) is 2.09. The number of thiazole rings is 1. The van der Waals surface area contributed by atoms with E-state index in [2.05, 4.69) is 10.3 Å². The zero-order valence-corrected chi connectivity index (χ0v) is 10.1. The second-order valence-corrected chi connectivity index (χ2v) is 4.57. The van der Waals surface area contributed by atoms with Gasteiger partial charge in [0.2, 0.25) is 0 Å². The number of aromatic nitrogens is 1. The van der Waals surface area contributed by atoms with Crippen molar-refractivity contribution < 1.29 is 4.39 Å². The van der Waals surface area contributed by atoms with E-state index in [0.717, 1.165) is 5.01 Å². The SMILES string of the molecule is CNC(c1nccs1)c1cccc(Cl)c1F. The van der Waals surface area contributed by atoms with Crippen LogP contribution in [-0.2, 0) is 0 Å². The number of nitrogens with one attached hydrogen (secondary N) is 1. The summed E-state index contributed by atoms with van der Waals surface area (Å²) >= 11 is 7.24. The molecule has 0 saturated carbocycles. The molecule has 0 radical (unpaired) electrons. The number of rotatable bonds is 3. The fourth-order valence-corrected chi connectivity index (χ4v) is 2.48. The molecule has 2 rings (SSSR count). The van der Waals surface area contributed by atoms with Gasteiger partial charge in [-0.15, -0.1) is 11.3 Å². The summed E-state index contributed by atoms with van der Waals surface area (Å²) in [4.78, 5) is 4.18. The molecule has 0 aliphatic heterocycles. The lowest BCUT2D eigenvalue weighted by Crippen LogP contribution is -2.18. The van der Waals surface area contributed by atoms with Crippen molar-refractivity contribution in [3.8, 4) is 0 Å². The van der Waals surface area contributed by atoms with Crippen LogP contribution in [0.1, 0.15) is 16.6 Å². The maximum absolute atomic E-state index is 13.8. The van der Waals surface area contributed by atoms with Gasteiger partial charge in [0, 0.05) is 17.1 Å². The molecular formula is C11H10ClFN2S. The smallest absolute Gasteiger partial charge is 0.146 e. The highest BCUT2D eigenvalue weighted by molar-refractivity contribution is 7.09. The molecule has 0 saturated heterocycles. The van der Waals surface area contributed by atoms with Crippen LogP contribution in [0.4, 0.5) is 4.39 Å². The van der Waals surface area contributed by atoms with Crippen LogP contribution in [0.3, 0.4) is 0 Å². The van der Waals surface area contributed by atoms with Crippen molar-refractivity contribution in [1.82, 2.24) is 10.3 Å². The average Bonchev–Trinajstić information content (AvgIpc) is 2.79. The molecule has 0 bridgehead atoms. The van der Waals surface area contributed by atoms with Crippen molar-refractivity contribution in [2.24, 2.45) is 0 Å². The maximum Gasteiger partial charge on any atom is 0.146 e. The molecular weight excluding hydrogens is 247 g/mol. The second-order valence-electron chi connectivity index (χ2n) is 3.24. The molecule has 1 unspecified atom stereocenters. The molecule has 2 nitrogen and oxygen atoms in total. The van der Waals surface area contributed by atoms with Crippen LogP contribution >= 0.6 is 22.9 Å². The van der Waals surface area contributed by atoms with Crippen LogP contribution in [0.5, 0.6) is 0 Å². The Morgan fingerprint density at radius 2 is 2.31 bits per heavy atom. The Morgan fingerprint density at radius 1 is 1.50 bits per heavy atom. The first kappa shape index (κ1) is 11.5. The first-order valence-corrected chi connectivity index (χ1v) is 6.00. The molecule has 0 aliphatic carbocycles. The summed E-state index contributed by atoms with van der Waals surface area (Å²) in [7, 11) is 1.77. The zero-order valence-electron chi connectivity index (χ0n) is 8.58. The van der Waals surface area contributed by atoms with E-state index in [-0.39, 0.29) is 11.1 Å². The van der Waals surface area contributed by atoms with Gasteiger partial charge in [-0.3, -0.25) is 0 Å². The molecule has 0 fully saturated rings. The van der Waals surface area contributed by atoms with Crippen molar-refractivity contribution in [1.29, 1.82) is 0 Å². The van der Waals surface area contributed by atoms with E-state index < -0.39 is 5.82 Å². The van der Waals surface area contributed by atoms with Crippen LogP contribution in [0.15, 0.2) is 29.8 Å². The Labute approximate surface area is 102 Å². The average molecular weight is 257 g/mol. The molecule has 84 valence electrons. The molecule has 1 heterocycles. The van der Waals surface area contributed by atoms with Crippen molar-refractivity contribution in [2.45, 2.75) is 6.04 Å². The summed E-state index contributed by atoms with van der Waals surface area (Å²) in [5.41, 5.74) is 0.518. The fourth-order valence-electron chi connectivity index (χ4n) is 1.53. The Morgan fingerprint density at radius 3 is 2.94 bits per heavy atom. The van der Waals surface area contributed by atoms with Crippen molar-refractivity contribution in [3.05, 3.63) is 51.2 Å². The van der Waals surface area contributed by atoms with E-state index in [0.29, 0.717) is 5.56 Å². The molecule has 1 aromatic carbocycles. The molecule has 16 heavy (non-hydrogen) atoms. The molecule has 5 heteroatoms. The van der Waals surface area contributed by atoms with Crippen LogP contribution < -0.4 is 5.32 Å². The number of benzene rings is 1. The van der Waals surface area contributed by atoms with Crippen molar-refractivity contribution in [2.75, 3.05) is 7.05 Å². The van der Waals surface area contributed by atoms with Gasteiger partial charge in [0.05, 0.1) is 11.1 Å². The van der Waals surface area contributed by atoms with Crippen LogP contribution in [-0.4, -0.2) is 12.0 Å². The molecule has 1 N–H and O–H groups in total. The molecule has 1 aromatic heterocycles. The van der Waals surface area contributed by atoms with E-state index in [1.165, 1.54) is 17.4 Å². The van der Waals surface area contributed by atoms with Gasteiger partial charge >= 0.3 is 0 Å². The minimum absolute atomic E-state index is 0.134. The van der Waals surface area contributed by atoms with Gasteiger partial charge in [-0.25, -0.2) is 9.37 Å². The molecule has 2 aromatic rings. The van der Waals surface area contributed by atoms with Crippen LogP contribution in [0.25, 0.3) is 0 Å². The monoisotopic (exact) mass is 256 g/mol. The van der Waals surface area contributed by atoms with Crippen LogP contribution in [0, 0.1) is 5.82 Å². The number of hydrogen-bond donors (Lipinski definition) is 1. The van der Waals surface area contributed by atoms with Gasteiger partial charge in [0.25, 0.3) is 0 Å². The molecule has 1 atom stereocenters. The second kappa shape index (κ2) is 4.91. The van der Waals surface area contributed by atoms with Gasteiger partial charge in [0.1, 0.15) is 10.8 Å². The fraction of sp³-hybridized carbons (Fsp3) is 0.182. The third-order valence-corrected chi connectivity index (χ3v) is 3.41. The Balaban J connectivity index is 2.45. The number of halogens is 2. The van der Waals surface area contributed by atoms with E-state index in [9.17, 15) is 4.39 Å². The van der Waals surface area contributed by atoms with Gasteiger partial charge in [-0.1, -0.05) is 23.7 Å². The van der Waals surface area contributed by atoms with Gasteiger partial charge in [0.15, 0.2) is 0 Å². The Hall–Kier alpha value is -0.970. The highest BCUT2D eigenvalue weighted by atomic mass is 35.5. The van der Waals surface area contributed by atoms with E-state index >= 15 is 0 Å². The quantitative estimate of drug-likeness (QED) is 0.912. The third-order valence-electron chi connectivity index (χ3n) is 2.28. The Bertz CT molecular complexity index is 473. The van der Waals surface area contributed by atoms with Crippen molar-refractivity contribution >= 4 is 22.9 Å². The van der Waals surface area contributed by atoms with Gasteiger partial charge < -0.3 is 5.32 Å². The first-order chi connectivity index (χ1) is 7.74. The summed E-state index contributed by atoms with van der Waals surface area (Å²) < 4.78 is 13.8. The number of nitrogens with zero attached hydrogens (tertiary/aromatic N) is 1. The highest BCUT2D eigenvalue weighted by Crippen LogP contribution is 2.28. The molecule has 0 amide bonds. The zero-order chi connectivity index (χ0) is 11.5. The highest BCUT2D eigenvalue weighted by Gasteiger charge is 2.19. The minimum Gasteiger partial charge on any atom is -0.307 e. The predicted octanol–water partition coefficient (Wildman–Crippen LogP) is 3.24. The van der Waals surface area contributed by atoms with E-state index in [4.69, 9.17) is 11.6 Å². The first-order valence-electron chi connectivity index (χ1n) is 4.74. The van der Waals surface area contributed by atoms with Crippen LogP contribution in [0.2, 0.25) is 5.02 Å². The van der Waals surface area contributed by atoms with Gasteiger partial charge in [-0.05, 0) is 13.1 Å². The van der Waals surface area contributed by atoms with Gasteiger partial charge in [-0.2, -0.15) is 0 Å². The number of hydrogen-bond acceptors (Lipinski definition) is 3. The summed E-state index contributed by atoms with van der Waals surface area (Å²) in [5, 5.41) is 5.86. The maximum atomic E-state index is 13.8. The lowest BCUT2D eigenvalue weighted by Gasteiger charge is -2.15. The summed E-state index contributed by atoms with van der Waals surface area (Å²) in [5.74, 6) is -0.390. The summed E-state index contributed by atoms with van der Waals surface area (Å²) in [6.07, 6.45) is 1.70. The topological polar surface area (TPSA) is 24.9 Å². The Kier molecular flexibility index (Phi) is 3.53. The largest absolute Gasteiger partial charge is 0.307 e.